The normalized spacial score (nSPS) is 24.0. The maximum Gasteiger partial charge on any atom is 0.248 e. The summed E-state index contributed by atoms with van der Waals surface area (Å²) in [5, 5.41) is 11.2. The lowest BCUT2D eigenvalue weighted by Gasteiger charge is -2.27. The molecule has 4 aromatic rings. The molecule has 2 bridgehead atoms. The number of carbonyl (C=O) groups excluding carboxylic acids is 4. The molecule has 2 N–H and O–H groups in total. The number of halogens is 2. The summed E-state index contributed by atoms with van der Waals surface area (Å²) in [6, 6.07) is 5.38. The van der Waals surface area contributed by atoms with Gasteiger partial charge in [0.15, 0.2) is 11.6 Å². The number of Topliss-reactive ketones (excluding diaryl/α,β-unsaturated/α-hetero) is 1. The first-order valence-corrected chi connectivity index (χ1v) is 17.8. The molecule has 14 heteroatoms. The number of hydrogen-bond acceptors (Lipinski definition) is 8. The van der Waals surface area contributed by atoms with E-state index in [0.717, 1.165) is 42.4 Å². The number of ketones is 1. The second kappa shape index (κ2) is 13.3. The first-order valence-electron chi connectivity index (χ1n) is 17.0. The minimum absolute atomic E-state index is 0.0351. The van der Waals surface area contributed by atoms with Gasteiger partial charge in [0.1, 0.15) is 34.5 Å². The van der Waals surface area contributed by atoms with E-state index in [0.29, 0.717) is 42.5 Å². The monoisotopic (exact) mass is 744 g/mol. The van der Waals surface area contributed by atoms with Gasteiger partial charge in [-0.3, -0.25) is 23.9 Å². The van der Waals surface area contributed by atoms with Crippen LogP contribution in [-0.4, -0.2) is 71.8 Å². The third kappa shape index (κ3) is 6.40. The fraction of sp³-hybridized carbons (Fsp3) is 0.444. The number of piperidine rings is 1. The van der Waals surface area contributed by atoms with E-state index in [1.807, 2.05) is 19.9 Å². The Hall–Kier alpha value is -4.59. The molecule has 12 nitrogen and oxygen atoms in total. The van der Waals surface area contributed by atoms with Crippen molar-refractivity contribution < 1.29 is 23.6 Å². The Bertz CT molecular complexity index is 2030. The Morgan fingerprint density at radius 1 is 1.08 bits per heavy atom. The number of amides is 3. The molecule has 3 amide bonds. The van der Waals surface area contributed by atoms with Gasteiger partial charge in [0.2, 0.25) is 17.7 Å². The van der Waals surface area contributed by atoms with Crippen LogP contribution in [0.1, 0.15) is 74.2 Å². The van der Waals surface area contributed by atoms with Crippen LogP contribution < -0.4 is 10.6 Å². The highest BCUT2D eigenvalue weighted by molar-refractivity contribution is 9.10. The summed E-state index contributed by atoms with van der Waals surface area (Å²) in [4.78, 5) is 68.8. The molecule has 2 fully saturated rings. The van der Waals surface area contributed by atoms with Crippen LogP contribution in [-0.2, 0) is 27.3 Å². The topological polar surface area (TPSA) is 152 Å². The van der Waals surface area contributed by atoms with E-state index in [2.05, 4.69) is 47.6 Å². The lowest BCUT2D eigenvalue weighted by molar-refractivity contribution is -0.138. The number of nitrogens with one attached hydrogen (secondary N) is 2. The average molecular weight is 746 g/mol. The number of hydrogen-bond donors (Lipinski definition) is 2. The smallest absolute Gasteiger partial charge is 0.248 e. The van der Waals surface area contributed by atoms with Gasteiger partial charge < -0.3 is 15.5 Å². The molecule has 3 aromatic heterocycles. The van der Waals surface area contributed by atoms with Gasteiger partial charge in [-0.2, -0.15) is 5.10 Å². The number of carbonyl (C=O) groups is 4. The quantitative estimate of drug-likeness (QED) is 0.215. The highest BCUT2D eigenvalue weighted by atomic mass is 79.9. The zero-order valence-corrected chi connectivity index (χ0v) is 29.7. The molecule has 2 aliphatic heterocycles. The lowest BCUT2D eigenvalue weighted by Crippen LogP contribution is -2.46. The second-order valence-electron chi connectivity index (χ2n) is 13.9. The van der Waals surface area contributed by atoms with Gasteiger partial charge in [-0.05, 0) is 90.4 Å². The van der Waals surface area contributed by atoms with E-state index >= 15 is 0 Å². The number of anilines is 1. The van der Waals surface area contributed by atoms with Crippen molar-refractivity contribution in [2.75, 3.05) is 11.9 Å². The zero-order valence-electron chi connectivity index (χ0n) is 28.1. The summed E-state index contributed by atoms with van der Waals surface area (Å²) in [6.07, 6.45) is 8.50. The van der Waals surface area contributed by atoms with Crippen molar-refractivity contribution in [3.63, 3.8) is 0 Å². The Morgan fingerprint density at radius 3 is 2.60 bits per heavy atom. The fourth-order valence-corrected chi connectivity index (χ4v) is 7.89. The van der Waals surface area contributed by atoms with Crippen LogP contribution in [0, 0.1) is 24.1 Å². The predicted octanol–water partition coefficient (Wildman–Crippen LogP) is 5.17. The highest BCUT2D eigenvalue weighted by Gasteiger charge is 2.67. The van der Waals surface area contributed by atoms with E-state index in [9.17, 15) is 23.6 Å². The summed E-state index contributed by atoms with van der Waals surface area (Å²) in [7, 11) is 0. The molecule has 0 radical (unpaired) electrons. The molecule has 1 saturated carbocycles. The third-order valence-electron chi connectivity index (χ3n) is 10.4. The van der Waals surface area contributed by atoms with E-state index in [4.69, 9.17) is 5.10 Å². The molecule has 260 valence electrons. The number of rotatable bonds is 4. The molecule has 3 aliphatic rings. The minimum Gasteiger partial charge on any atom is -0.355 e. The molecular formula is C36H38BrFN8O4. The molecule has 0 spiro atoms. The molecule has 1 aromatic carbocycles. The largest absolute Gasteiger partial charge is 0.355 e. The number of nitrogens with zero attached hydrogens (tertiary/aromatic N) is 6. The first kappa shape index (κ1) is 33.9. The Morgan fingerprint density at radius 2 is 1.86 bits per heavy atom. The summed E-state index contributed by atoms with van der Waals surface area (Å²) >= 11 is 3.06. The van der Waals surface area contributed by atoms with Crippen molar-refractivity contribution in [1.82, 2.24) is 34.9 Å². The highest BCUT2D eigenvalue weighted by Crippen LogP contribution is 2.59. The van der Waals surface area contributed by atoms with Gasteiger partial charge in [0, 0.05) is 54.2 Å². The molecule has 4 atom stereocenters. The summed E-state index contributed by atoms with van der Waals surface area (Å²) in [5.41, 5.74) is 3.10. The summed E-state index contributed by atoms with van der Waals surface area (Å²) < 4.78 is 15.4. The fourth-order valence-electron chi connectivity index (χ4n) is 7.56. The van der Waals surface area contributed by atoms with Gasteiger partial charge in [-0.1, -0.05) is 19.8 Å². The number of pyridine rings is 1. The van der Waals surface area contributed by atoms with E-state index in [1.54, 1.807) is 22.0 Å². The molecule has 7 rings (SSSR count). The van der Waals surface area contributed by atoms with E-state index < -0.39 is 23.2 Å². The van der Waals surface area contributed by atoms with Crippen LogP contribution in [0.4, 0.5) is 10.2 Å². The third-order valence-corrected chi connectivity index (χ3v) is 10.9. The van der Waals surface area contributed by atoms with Crippen molar-refractivity contribution >= 4 is 56.2 Å². The summed E-state index contributed by atoms with van der Waals surface area (Å²) in [6.45, 7) is 5.37. The van der Waals surface area contributed by atoms with Gasteiger partial charge in [-0.25, -0.2) is 19.3 Å². The summed E-state index contributed by atoms with van der Waals surface area (Å²) in [5.74, 6) is -1.00. The molecule has 0 unspecified atom stereocenters. The molecule has 50 heavy (non-hydrogen) atoms. The second-order valence-corrected chi connectivity index (χ2v) is 14.6. The van der Waals surface area contributed by atoms with Gasteiger partial charge >= 0.3 is 0 Å². The van der Waals surface area contributed by atoms with Crippen LogP contribution in [0.5, 0.6) is 0 Å². The van der Waals surface area contributed by atoms with Crippen molar-refractivity contribution in [3.8, 4) is 11.1 Å². The number of benzene rings is 1. The van der Waals surface area contributed by atoms with Crippen molar-refractivity contribution in [1.29, 1.82) is 0 Å². The van der Waals surface area contributed by atoms with Crippen LogP contribution >= 0.6 is 15.9 Å². The predicted molar refractivity (Wildman–Crippen MR) is 186 cm³/mol. The maximum absolute atomic E-state index is 14.4. The van der Waals surface area contributed by atoms with Crippen LogP contribution in [0.2, 0.25) is 0 Å². The van der Waals surface area contributed by atoms with Crippen molar-refractivity contribution in [2.45, 2.75) is 84.3 Å². The van der Waals surface area contributed by atoms with E-state index in [1.165, 1.54) is 19.1 Å². The average Bonchev–Trinajstić information content (AvgIpc) is 3.49. The minimum atomic E-state index is -0.859. The molecular weight excluding hydrogens is 707 g/mol. The van der Waals surface area contributed by atoms with Gasteiger partial charge in [-0.15, -0.1) is 0 Å². The molecule has 1 saturated heterocycles. The number of aryl methyl sites for hydroxylation is 2. The van der Waals surface area contributed by atoms with Crippen LogP contribution in [0.3, 0.4) is 0 Å². The van der Waals surface area contributed by atoms with Crippen molar-refractivity contribution in [2.24, 2.45) is 11.3 Å². The van der Waals surface area contributed by atoms with Gasteiger partial charge in [0.25, 0.3) is 0 Å². The van der Waals surface area contributed by atoms with Crippen molar-refractivity contribution in [3.05, 3.63) is 64.2 Å². The van der Waals surface area contributed by atoms with Gasteiger partial charge in [0.05, 0.1) is 5.52 Å². The molecule has 5 heterocycles. The standard InChI is InChI=1S/C36H38BrFN8O4/c1-19-7-5-4-6-8-22-11-23(24-15-39-21(3)40-16-24)12-25-31(20(2)47)44-45(32(22)25)17-30(48)46-27(13-36(14-28(36)46)18-41-34(19)49)35(50)43-29-10-9-26(38)33(37)42-29/h9-12,15-16,19,27-28H,4-8,13-14,17-18H2,1-3H3,(H,41,49)(H,42,43,50)/t19-,27+,28-,36+/m1/s1. The van der Waals surface area contributed by atoms with Crippen LogP contribution in [0.15, 0.2) is 41.3 Å². The first-order chi connectivity index (χ1) is 23.9. The van der Waals surface area contributed by atoms with Crippen LogP contribution in [0.25, 0.3) is 22.0 Å². The SMILES string of the molecule is CC(=O)c1nn2c3c(cc(-c4cnc(C)nc4)cc13)CCCCC[C@@H](C)C(=O)NC[C@@]13C[C@@H](C(=O)Nc4ccc(F)c(Br)n4)N(C(=O)C2)[C@@H]1C3. The van der Waals surface area contributed by atoms with E-state index in [-0.39, 0.29) is 52.2 Å². The Balaban J connectivity index is 1.29. The Labute approximate surface area is 296 Å². The maximum atomic E-state index is 14.4. The zero-order chi connectivity index (χ0) is 35.3. The lowest BCUT2D eigenvalue weighted by atomic mass is 9.95. The Kier molecular flexibility index (Phi) is 8.99. The molecule has 1 aliphatic carbocycles. The number of aromatic nitrogens is 5.